The number of nitrogens with one attached hydrogen (secondary N) is 1. The highest BCUT2D eigenvalue weighted by atomic mass is 32.1. The topological polar surface area (TPSA) is 46.2 Å². The van der Waals surface area contributed by atoms with E-state index in [1.165, 1.54) is 18.3 Å². The number of carbonyl (C=O) groups is 2. The number of aryl methyl sites for hydroxylation is 2. The monoisotopic (exact) mass is 225 g/mol. The van der Waals surface area contributed by atoms with Crippen LogP contribution in [-0.4, -0.2) is 17.7 Å². The van der Waals surface area contributed by atoms with Gasteiger partial charge >= 0.3 is 0 Å². The zero-order valence-electron chi connectivity index (χ0n) is 9.38. The van der Waals surface area contributed by atoms with Crippen LogP contribution in [0, 0.1) is 13.8 Å². The second-order valence-corrected chi connectivity index (χ2v) is 4.91. The molecule has 15 heavy (non-hydrogen) atoms. The lowest BCUT2D eigenvalue weighted by atomic mass is 10.2. The van der Waals surface area contributed by atoms with E-state index in [0.29, 0.717) is 4.88 Å². The summed E-state index contributed by atoms with van der Waals surface area (Å²) < 4.78 is 0. The zero-order chi connectivity index (χ0) is 11.6. The number of hydrogen-bond donors (Lipinski definition) is 1. The Morgan fingerprint density at radius 2 is 2.00 bits per heavy atom. The third kappa shape index (κ3) is 2.89. The van der Waals surface area contributed by atoms with Crippen molar-refractivity contribution in [3.05, 3.63) is 21.4 Å². The predicted octanol–water partition coefficient (Wildman–Crippen LogP) is 2.07. The molecule has 0 saturated heterocycles. The Kier molecular flexibility index (Phi) is 3.63. The van der Waals surface area contributed by atoms with E-state index in [1.54, 1.807) is 6.92 Å². The summed E-state index contributed by atoms with van der Waals surface area (Å²) in [6.07, 6.45) is 0. The Balaban J connectivity index is 2.73. The van der Waals surface area contributed by atoms with E-state index in [2.05, 4.69) is 5.32 Å². The average molecular weight is 225 g/mol. The lowest BCUT2D eigenvalue weighted by Crippen LogP contribution is -2.36. The van der Waals surface area contributed by atoms with Gasteiger partial charge in [0.05, 0.1) is 10.9 Å². The molecular formula is C11H15NO2S. The van der Waals surface area contributed by atoms with Crippen LogP contribution in [0.15, 0.2) is 6.07 Å². The minimum Gasteiger partial charge on any atom is -0.342 e. The molecule has 1 unspecified atom stereocenters. The summed E-state index contributed by atoms with van der Waals surface area (Å²) in [5.41, 5.74) is 1.11. The van der Waals surface area contributed by atoms with E-state index >= 15 is 0 Å². The van der Waals surface area contributed by atoms with Gasteiger partial charge in [-0.3, -0.25) is 9.59 Å². The van der Waals surface area contributed by atoms with Gasteiger partial charge in [-0.15, -0.1) is 11.3 Å². The van der Waals surface area contributed by atoms with E-state index in [-0.39, 0.29) is 11.7 Å². The molecule has 0 aliphatic heterocycles. The van der Waals surface area contributed by atoms with Gasteiger partial charge in [-0.05, 0) is 39.3 Å². The van der Waals surface area contributed by atoms with Crippen LogP contribution in [0.2, 0.25) is 0 Å². The molecule has 0 fully saturated rings. The fraction of sp³-hybridized carbons (Fsp3) is 0.455. The Morgan fingerprint density at radius 1 is 1.40 bits per heavy atom. The molecule has 1 N–H and O–H groups in total. The number of carbonyl (C=O) groups excluding carboxylic acids is 2. The van der Waals surface area contributed by atoms with Crippen LogP contribution in [0.4, 0.5) is 0 Å². The SMILES string of the molecule is CC(=O)C(C)NC(=O)c1cc(C)c(C)s1. The van der Waals surface area contributed by atoms with Crippen LogP contribution in [-0.2, 0) is 4.79 Å². The van der Waals surface area contributed by atoms with Gasteiger partial charge in [0.25, 0.3) is 5.91 Å². The second-order valence-electron chi connectivity index (χ2n) is 3.66. The van der Waals surface area contributed by atoms with Gasteiger partial charge in [0, 0.05) is 4.88 Å². The summed E-state index contributed by atoms with van der Waals surface area (Å²) in [4.78, 5) is 24.4. The van der Waals surface area contributed by atoms with E-state index < -0.39 is 6.04 Å². The second kappa shape index (κ2) is 4.57. The van der Waals surface area contributed by atoms with Crippen molar-refractivity contribution in [2.24, 2.45) is 0 Å². The first kappa shape index (κ1) is 11.9. The number of amides is 1. The zero-order valence-corrected chi connectivity index (χ0v) is 10.2. The van der Waals surface area contributed by atoms with Crippen molar-refractivity contribution in [1.82, 2.24) is 5.32 Å². The van der Waals surface area contributed by atoms with Crippen molar-refractivity contribution >= 4 is 23.0 Å². The Bertz CT molecular complexity index is 376. The van der Waals surface area contributed by atoms with E-state index in [9.17, 15) is 9.59 Å². The highest BCUT2D eigenvalue weighted by Gasteiger charge is 2.15. The predicted molar refractivity (Wildman–Crippen MR) is 61.4 cm³/mol. The Hall–Kier alpha value is -1.16. The maximum Gasteiger partial charge on any atom is 0.261 e. The molecule has 0 aliphatic rings. The molecule has 0 bridgehead atoms. The number of hydrogen-bond acceptors (Lipinski definition) is 3. The molecule has 0 aromatic carbocycles. The van der Waals surface area contributed by atoms with Crippen molar-refractivity contribution in [2.75, 3.05) is 0 Å². The first-order chi connectivity index (χ1) is 6.91. The van der Waals surface area contributed by atoms with Crippen LogP contribution in [0.5, 0.6) is 0 Å². The standard InChI is InChI=1S/C11H15NO2S/c1-6-5-10(15-9(6)4)11(14)12-7(2)8(3)13/h5,7H,1-4H3,(H,12,14). The molecule has 0 spiro atoms. The first-order valence-electron chi connectivity index (χ1n) is 4.80. The summed E-state index contributed by atoms with van der Waals surface area (Å²) in [7, 11) is 0. The summed E-state index contributed by atoms with van der Waals surface area (Å²) >= 11 is 1.45. The van der Waals surface area contributed by atoms with Crippen molar-refractivity contribution in [3.63, 3.8) is 0 Å². The maximum atomic E-state index is 11.7. The van der Waals surface area contributed by atoms with E-state index in [4.69, 9.17) is 0 Å². The third-order valence-electron chi connectivity index (χ3n) is 2.35. The van der Waals surface area contributed by atoms with Crippen LogP contribution in [0.1, 0.15) is 34.0 Å². The highest BCUT2D eigenvalue weighted by Crippen LogP contribution is 2.20. The van der Waals surface area contributed by atoms with Crippen LogP contribution in [0.3, 0.4) is 0 Å². The molecule has 0 aliphatic carbocycles. The lowest BCUT2D eigenvalue weighted by Gasteiger charge is -2.08. The van der Waals surface area contributed by atoms with Gasteiger partial charge in [0.15, 0.2) is 5.78 Å². The van der Waals surface area contributed by atoms with Gasteiger partial charge in [0.1, 0.15) is 0 Å². The molecule has 1 rings (SSSR count). The van der Waals surface area contributed by atoms with Gasteiger partial charge in [-0.25, -0.2) is 0 Å². The van der Waals surface area contributed by atoms with Gasteiger partial charge < -0.3 is 5.32 Å². The van der Waals surface area contributed by atoms with Crippen molar-refractivity contribution in [3.8, 4) is 0 Å². The highest BCUT2D eigenvalue weighted by molar-refractivity contribution is 7.14. The molecule has 1 amide bonds. The third-order valence-corrected chi connectivity index (χ3v) is 3.50. The van der Waals surface area contributed by atoms with Gasteiger partial charge in [-0.2, -0.15) is 0 Å². The van der Waals surface area contributed by atoms with Gasteiger partial charge in [-0.1, -0.05) is 0 Å². The molecule has 1 aromatic rings. The molecule has 1 aromatic heterocycles. The van der Waals surface area contributed by atoms with Gasteiger partial charge in [0.2, 0.25) is 0 Å². The number of ketones is 1. The fourth-order valence-corrected chi connectivity index (χ4v) is 1.99. The summed E-state index contributed by atoms with van der Waals surface area (Å²) in [6, 6.07) is 1.43. The quantitative estimate of drug-likeness (QED) is 0.856. The van der Waals surface area contributed by atoms with E-state index in [1.807, 2.05) is 19.9 Å². The minimum atomic E-state index is -0.416. The molecule has 1 heterocycles. The molecule has 0 saturated carbocycles. The van der Waals surface area contributed by atoms with Crippen molar-refractivity contribution < 1.29 is 9.59 Å². The summed E-state index contributed by atoms with van der Waals surface area (Å²) in [6.45, 7) is 7.10. The fourth-order valence-electron chi connectivity index (χ4n) is 1.05. The molecule has 4 heteroatoms. The molecular weight excluding hydrogens is 210 g/mol. The largest absolute Gasteiger partial charge is 0.342 e. The molecule has 0 radical (unpaired) electrons. The van der Waals surface area contributed by atoms with Crippen LogP contribution < -0.4 is 5.32 Å². The first-order valence-corrected chi connectivity index (χ1v) is 5.62. The van der Waals surface area contributed by atoms with E-state index in [0.717, 1.165) is 10.4 Å². The number of rotatable bonds is 3. The smallest absolute Gasteiger partial charge is 0.261 e. The van der Waals surface area contributed by atoms with Crippen LogP contribution >= 0.6 is 11.3 Å². The minimum absolute atomic E-state index is 0.0339. The molecule has 82 valence electrons. The lowest BCUT2D eigenvalue weighted by molar-refractivity contribution is -0.118. The number of Topliss-reactive ketones (excluding diaryl/α,β-unsaturated/α-hetero) is 1. The van der Waals surface area contributed by atoms with Crippen molar-refractivity contribution in [1.29, 1.82) is 0 Å². The van der Waals surface area contributed by atoms with Crippen LogP contribution in [0.25, 0.3) is 0 Å². The van der Waals surface area contributed by atoms with Crippen molar-refractivity contribution in [2.45, 2.75) is 33.7 Å². The summed E-state index contributed by atoms with van der Waals surface area (Å²) in [5, 5.41) is 2.66. The molecule has 1 atom stereocenters. The normalized spacial score (nSPS) is 12.3. The molecule has 3 nitrogen and oxygen atoms in total. The number of thiophene rings is 1. The summed E-state index contributed by atoms with van der Waals surface area (Å²) in [5.74, 6) is -0.202. The average Bonchev–Trinajstić information content (AvgIpc) is 2.46. The Morgan fingerprint density at radius 3 is 2.40 bits per heavy atom. The maximum absolute atomic E-state index is 11.7. The Labute approximate surface area is 93.5 Å².